The smallest absolute Gasteiger partial charge is 0.274 e. The van der Waals surface area contributed by atoms with Gasteiger partial charge in [-0.05, 0) is 31.5 Å². The summed E-state index contributed by atoms with van der Waals surface area (Å²) in [5.41, 5.74) is 2.24. The van der Waals surface area contributed by atoms with E-state index in [1.54, 1.807) is 28.3 Å². The topological polar surface area (TPSA) is 54.3 Å². The summed E-state index contributed by atoms with van der Waals surface area (Å²) in [7, 11) is 0. The average molecular weight is 402 g/mol. The Hall–Kier alpha value is -2.38. The van der Waals surface area contributed by atoms with E-state index in [0.717, 1.165) is 42.6 Å². The summed E-state index contributed by atoms with van der Waals surface area (Å²) in [6.07, 6.45) is 2.69. The molecule has 1 aliphatic rings. The summed E-state index contributed by atoms with van der Waals surface area (Å²) < 4.78 is 1.65. The van der Waals surface area contributed by atoms with Gasteiger partial charge in [0.2, 0.25) is 0 Å². The number of para-hydroxylation sites is 1. The molecule has 0 N–H and O–H groups in total. The first-order valence-electron chi connectivity index (χ1n) is 8.89. The van der Waals surface area contributed by atoms with Crippen LogP contribution in [0.3, 0.4) is 0 Å². The molecule has 1 aliphatic heterocycles. The van der Waals surface area contributed by atoms with Crippen LogP contribution in [0.4, 0.5) is 5.13 Å². The monoisotopic (exact) mass is 401 g/mol. The van der Waals surface area contributed by atoms with Gasteiger partial charge in [-0.25, -0.2) is 9.67 Å². The molecule has 0 atom stereocenters. The highest BCUT2D eigenvalue weighted by Crippen LogP contribution is 2.22. The molecule has 0 bridgehead atoms. The fraction of sp³-hybridized carbons (Fsp3) is 0.316. The summed E-state index contributed by atoms with van der Waals surface area (Å²) in [5.74, 6) is -0.0435. The van der Waals surface area contributed by atoms with Gasteiger partial charge in [-0.2, -0.15) is 5.10 Å². The zero-order valence-electron chi connectivity index (χ0n) is 15.0. The number of carbonyl (C=O) groups excluding carboxylic acids is 1. The van der Waals surface area contributed by atoms with Crippen molar-refractivity contribution in [3.05, 3.63) is 58.3 Å². The number of aryl methyl sites for hydroxylation is 1. The predicted octanol–water partition coefficient (Wildman–Crippen LogP) is 3.64. The molecule has 2 aromatic heterocycles. The standard InChI is InChI=1S/C19H20ClN5OS/c1-14-13-27-19(21-14)24-9-4-8-23(11-12-24)18(26)16-7-10-25(22-16)17-6-3-2-5-15(17)20/h2-3,5-7,10,13H,4,8-9,11-12H2,1H3. The molecule has 1 fully saturated rings. The molecule has 0 aliphatic carbocycles. The average Bonchev–Trinajstić information content (AvgIpc) is 3.25. The zero-order chi connectivity index (χ0) is 18.8. The molecule has 1 amide bonds. The highest BCUT2D eigenvalue weighted by molar-refractivity contribution is 7.13. The van der Waals surface area contributed by atoms with E-state index in [-0.39, 0.29) is 5.91 Å². The summed E-state index contributed by atoms with van der Waals surface area (Å²) in [6, 6.07) is 9.20. The van der Waals surface area contributed by atoms with Crippen molar-refractivity contribution in [3.63, 3.8) is 0 Å². The number of aromatic nitrogens is 3. The van der Waals surface area contributed by atoms with Crippen molar-refractivity contribution in [1.82, 2.24) is 19.7 Å². The molecule has 3 aromatic rings. The Labute approximate surface area is 167 Å². The maximum absolute atomic E-state index is 12.9. The molecule has 0 spiro atoms. The third-order valence-corrected chi connectivity index (χ3v) is 5.91. The van der Waals surface area contributed by atoms with Crippen molar-refractivity contribution in [2.45, 2.75) is 13.3 Å². The fourth-order valence-electron chi connectivity index (χ4n) is 3.17. The zero-order valence-corrected chi connectivity index (χ0v) is 16.6. The molecule has 27 heavy (non-hydrogen) atoms. The van der Waals surface area contributed by atoms with Crippen LogP contribution >= 0.6 is 22.9 Å². The molecule has 3 heterocycles. The SMILES string of the molecule is Cc1csc(N2CCCN(C(=O)c3ccn(-c4ccccc4Cl)n3)CC2)n1. The normalized spacial score (nSPS) is 15.0. The van der Waals surface area contributed by atoms with Crippen molar-refractivity contribution in [2.75, 3.05) is 31.1 Å². The van der Waals surface area contributed by atoms with Gasteiger partial charge in [0.25, 0.3) is 5.91 Å². The Morgan fingerprint density at radius 1 is 1.15 bits per heavy atom. The van der Waals surface area contributed by atoms with Gasteiger partial charge in [0.1, 0.15) is 0 Å². The highest BCUT2D eigenvalue weighted by atomic mass is 35.5. The number of anilines is 1. The molecule has 4 rings (SSSR count). The highest BCUT2D eigenvalue weighted by Gasteiger charge is 2.23. The number of hydrogen-bond donors (Lipinski definition) is 0. The first-order valence-corrected chi connectivity index (χ1v) is 10.1. The van der Waals surface area contributed by atoms with Gasteiger partial charge in [0, 0.05) is 37.8 Å². The maximum Gasteiger partial charge on any atom is 0.274 e. The summed E-state index contributed by atoms with van der Waals surface area (Å²) in [6.45, 7) is 5.08. The summed E-state index contributed by atoms with van der Waals surface area (Å²) in [4.78, 5) is 21.6. The first kappa shape index (κ1) is 18.0. The number of halogens is 1. The lowest BCUT2D eigenvalue weighted by Crippen LogP contribution is -2.35. The predicted molar refractivity (Wildman–Crippen MR) is 108 cm³/mol. The van der Waals surface area contributed by atoms with Crippen molar-refractivity contribution in [2.24, 2.45) is 0 Å². The summed E-state index contributed by atoms with van der Waals surface area (Å²) >= 11 is 7.88. The Morgan fingerprint density at radius 3 is 2.78 bits per heavy atom. The Morgan fingerprint density at radius 2 is 2.00 bits per heavy atom. The quantitative estimate of drug-likeness (QED) is 0.672. The van der Waals surface area contributed by atoms with Gasteiger partial charge >= 0.3 is 0 Å². The lowest BCUT2D eigenvalue weighted by molar-refractivity contribution is 0.0760. The van der Waals surface area contributed by atoms with E-state index in [1.165, 1.54) is 0 Å². The van der Waals surface area contributed by atoms with Gasteiger partial charge in [-0.1, -0.05) is 23.7 Å². The van der Waals surface area contributed by atoms with E-state index in [2.05, 4.69) is 20.4 Å². The minimum Gasteiger partial charge on any atom is -0.346 e. The minimum absolute atomic E-state index is 0.0435. The van der Waals surface area contributed by atoms with Gasteiger partial charge in [-0.15, -0.1) is 11.3 Å². The molecule has 6 nitrogen and oxygen atoms in total. The third-order valence-electron chi connectivity index (χ3n) is 4.57. The third kappa shape index (κ3) is 3.84. The second kappa shape index (κ2) is 7.70. The molecule has 0 saturated carbocycles. The van der Waals surface area contributed by atoms with Crippen LogP contribution in [0.2, 0.25) is 5.02 Å². The largest absolute Gasteiger partial charge is 0.346 e. The van der Waals surface area contributed by atoms with Crippen molar-refractivity contribution in [1.29, 1.82) is 0 Å². The molecule has 0 radical (unpaired) electrons. The van der Waals surface area contributed by atoms with Gasteiger partial charge in [0.15, 0.2) is 10.8 Å². The second-order valence-corrected chi connectivity index (χ2v) is 7.74. The lowest BCUT2D eigenvalue weighted by Gasteiger charge is -2.21. The van der Waals surface area contributed by atoms with Crippen LogP contribution in [0.1, 0.15) is 22.6 Å². The fourth-order valence-corrected chi connectivity index (χ4v) is 4.25. The second-order valence-electron chi connectivity index (χ2n) is 6.50. The maximum atomic E-state index is 12.9. The van der Waals surface area contributed by atoms with E-state index in [0.29, 0.717) is 17.3 Å². The molecular weight excluding hydrogens is 382 g/mol. The van der Waals surface area contributed by atoms with Gasteiger partial charge < -0.3 is 9.80 Å². The van der Waals surface area contributed by atoms with Crippen molar-refractivity contribution < 1.29 is 4.79 Å². The number of carbonyl (C=O) groups is 1. The van der Waals surface area contributed by atoms with Crippen LogP contribution < -0.4 is 4.90 Å². The molecular formula is C19H20ClN5OS. The van der Waals surface area contributed by atoms with Crippen LogP contribution in [0.15, 0.2) is 41.9 Å². The van der Waals surface area contributed by atoms with Gasteiger partial charge in [-0.3, -0.25) is 4.79 Å². The number of thiazole rings is 1. The Bertz CT molecular complexity index is 953. The lowest BCUT2D eigenvalue weighted by atomic mass is 10.3. The van der Waals surface area contributed by atoms with E-state index >= 15 is 0 Å². The summed E-state index contributed by atoms with van der Waals surface area (Å²) in [5, 5.41) is 8.14. The van der Waals surface area contributed by atoms with E-state index in [1.807, 2.05) is 36.1 Å². The van der Waals surface area contributed by atoms with Crippen molar-refractivity contribution >= 4 is 34.0 Å². The molecule has 1 saturated heterocycles. The van der Waals surface area contributed by atoms with Crippen LogP contribution in [0.25, 0.3) is 5.69 Å². The van der Waals surface area contributed by atoms with Crippen LogP contribution in [0.5, 0.6) is 0 Å². The van der Waals surface area contributed by atoms with Crippen molar-refractivity contribution in [3.8, 4) is 5.69 Å². The number of hydrogen-bond acceptors (Lipinski definition) is 5. The molecule has 140 valence electrons. The minimum atomic E-state index is -0.0435. The van der Waals surface area contributed by atoms with E-state index in [9.17, 15) is 4.79 Å². The van der Waals surface area contributed by atoms with Crippen LogP contribution in [-0.4, -0.2) is 51.8 Å². The van der Waals surface area contributed by atoms with Crippen LogP contribution in [-0.2, 0) is 0 Å². The number of amides is 1. The van der Waals surface area contributed by atoms with E-state index < -0.39 is 0 Å². The first-order chi connectivity index (χ1) is 13.1. The molecule has 0 unspecified atom stereocenters. The Kier molecular flexibility index (Phi) is 5.13. The van der Waals surface area contributed by atoms with Gasteiger partial charge in [0.05, 0.1) is 16.4 Å². The number of benzene rings is 1. The number of nitrogens with zero attached hydrogens (tertiary/aromatic N) is 5. The molecule has 1 aromatic carbocycles. The number of rotatable bonds is 3. The van der Waals surface area contributed by atoms with E-state index in [4.69, 9.17) is 11.6 Å². The Balaban J connectivity index is 1.46. The van der Waals surface area contributed by atoms with Crippen LogP contribution in [0, 0.1) is 6.92 Å². The molecule has 8 heteroatoms.